The average molecular weight is 563 g/mol. The van der Waals surface area contributed by atoms with Gasteiger partial charge in [0.25, 0.3) is 5.56 Å². The van der Waals surface area contributed by atoms with Gasteiger partial charge in [-0.3, -0.25) is 16.1 Å². The van der Waals surface area contributed by atoms with E-state index in [0.717, 1.165) is 10.6 Å². The Kier molecular flexibility index (Phi) is 18.8. The smallest absolute Gasteiger partial charge is 0.490 e. The highest BCUT2D eigenvalue weighted by Crippen LogP contribution is 2.27. The van der Waals surface area contributed by atoms with Crippen molar-refractivity contribution in [3.8, 4) is 11.5 Å². The van der Waals surface area contributed by atoms with Gasteiger partial charge in [0.05, 0.1) is 5.69 Å². The van der Waals surface area contributed by atoms with Crippen LogP contribution in [0.25, 0.3) is 0 Å². The molecule has 0 spiro atoms. The number of nitrogens with zero attached hydrogens (tertiary/aromatic N) is 3. The number of hydrogen-bond donors (Lipinski definition) is 5. The standard InChI is InChI=1S/C17H20F3N5O3.C4H10.C2H6.CH6N2.CH3N/c1-10-14(15(26)25(22)16(21)23-10)24-8-6-12(7-9-24)27-11-2-4-13(5-3-11)28-17(18,19)20;1-4(2)3;1-2;1-3-2;1-2/h2-5,12H,6-9,22H2,1H3,(H2,21,23);4H,1-3H3;1-2H3;3H,2H2,1H3;2H,1H2. The molecule has 0 radical (unpaired) electrons. The molecule has 11 nitrogen and oxygen atoms in total. The van der Waals surface area contributed by atoms with E-state index in [1.807, 2.05) is 18.7 Å². The number of alkyl halides is 3. The molecule has 2 aromatic rings. The van der Waals surface area contributed by atoms with Crippen LogP contribution in [-0.4, -0.2) is 49.0 Å². The first-order valence-corrected chi connectivity index (χ1v) is 12.4. The van der Waals surface area contributed by atoms with Gasteiger partial charge >= 0.3 is 6.36 Å². The minimum absolute atomic E-state index is 0.0533. The van der Waals surface area contributed by atoms with Gasteiger partial charge in [-0.1, -0.05) is 34.6 Å². The summed E-state index contributed by atoms with van der Waals surface area (Å²) >= 11 is 0. The zero-order valence-corrected chi connectivity index (χ0v) is 23.9. The van der Waals surface area contributed by atoms with Crippen LogP contribution in [0.4, 0.5) is 24.8 Å². The lowest BCUT2D eigenvalue weighted by molar-refractivity contribution is -0.274. The first kappa shape index (κ1) is 37.6. The predicted octanol–water partition coefficient (Wildman–Crippen LogP) is 3.83. The Morgan fingerprint density at radius 1 is 1.10 bits per heavy atom. The van der Waals surface area contributed by atoms with Gasteiger partial charge in [-0.2, -0.15) is 4.68 Å². The van der Waals surface area contributed by atoms with Crippen molar-refractivity contribution in [2.75, 3.05) is 36.6 Å². The number of hydrogen-bond acceptors (Lipinski definition) is 10. The maximum absolute atomic E-state index is 12.4. The lowest BCUT2D eigenvalue weighted by Gasteiger charge is -2.33. The van der Waals surface area contributed by atoms with Gasteiger partial charge < -0.3 is 31.4 Å². The minimum atomic E-state index is -4.73. The molecule has 8 N–H and O–H groups in total. The first-order valence-electron chi connectivity index (χ1n) is 12.4. The number of rotatable bonds is 4. The Morgan fingerprint density at radius 3 is 1.92 bits per heavy atom. The molecule has 1 fully saturated rings. The molecule has 3 rings (SSSR count). The van der Waals surface area contributed by atoms with Crippen LogP contribution in [0, 0.1) is 18.3 Å². The molecule has 0 atom stereocenters. The highest BCUT2D eigenvalue weighted by atomic mass is 19.4. The van der Waals surface area contributed by atoms with Crippen LogP contribution in [-0.2, 0) is 0 Å². The number of ether oxygens (including phenoxy) is 2. The fraction of sp³-hybridized carbons (Fsp3) is 0.560. The number of anilines is 2. The molecule has 0 bridgehead atoms. The number of aromatic nitrogens is 2. The maximum Gasteiger partial charge on any atom is 0.573 e. The third kappa shape index (κ3) is 14.9. The zero-order chi connectivity index (χ0) is 30.8. The van der Waals surface area contributed by atoms with Crippen molar-refractivity contribution < 1.29 is 22.6 Å². The molecule has 1 aromatic carbocycles. The number of nitrogens with two attached hydrogens (primary N) is 3. The second-order valence-corrected chi connectivity index (χ2v) is 8.42. The van der Waals surface area contributed by atoms with Gasteiger partial charge in [0.1, 0.15) is 23.3 Å². The van der Waals surface area contributed by atoms with Gasteiger partial charge in [0, 0.05) is 25.9 Å². The van der Waals surface area contributed by atoms with Gasteiger partial charge in [-0.05, 0) is 50.9 Å². The second-order valence-electron chi connectivity index (χ2n) is 8.42. The summed E-state index contributed by atoms with van der Waals surface area (Å²) in [5.41, 5.74) is 8.34. The van der Waals surface area contributed by atoms with Crippen LogP contribution in [0.15, 0.2) is 29.1 Å². The number of hydrazine groups is 1. The van der Waals surface area contributed by atoms with E-state index in [1.54, 1.807) is 14.0 Å². The Bertz CT molecular complexity index is 975. The molecule has 14 heteroatoms. The van der Waals surface area contributed by atoms with E-state index >= 15 is 0 Å². The lowest BCUT2D eigenvalue weighted by Crippen LogP contribution is -2.43. The summed E-state index contributed by atoms with van der Waals surface area (Å²) in [7, 11) is 1.65. The maximum atomic E-state index is 12.4. The monoisotopic (exact) mass is 562 g/mol. The SMILES string of the molecule is C=N.CC.CC(C)C.CNN.Cc1nc(N)n(N)c(=O)c1N1CCC(Oc2ccc(OC(F)(F)F)cc2)CC1. The van der Waals surface area contributed by atoms with Crippen molar-refractivity contribution >= 4 is 18.4 Å². The quantitative estimate of drug-likeness (QED) is 0.211. The molecule has 1 aliphatic rings. The van der Waals surface area contributed by atoms with Crippen LogP contribution in [0.3, 0.4) is 0 Å². The van der Waals surface area contributed by atoms with Crippen LogP contribution in [0.1, 0.15) is 53.2 Å². The summed E-state index contributed by atoms with van der Waals surface area (Å²) < 4.78 is 47.0. The van der Waals surface area contributed by atoms with Crippen LogP contribution in [0.5, 0.6) is 11.5 Å². The summed E-state index contributed by atoms with van der Waals surface area (Å²) in [5.74, 6) is 11.1. The molecule has 1 aliphatic heterocycles. The summed E-state index contributed by atoms with van der Waals surface area (Å²) in [6, 6.07) is 5.25. The van der Waals surface area contributed by atoms with Crippen molar-refractivity contribution in [2.24, 2.45) is 11.8 Å². The Labute approximate surface area is 228 Å². The molecular weight excluding hydrogens is 517 g/mol. The van der Waals surface area contributed by atoms with Gasteiger partial charge in [-0.15, -0.1) is 13.2 Å². The Balaban J connectivity index is 0. The molecule has 0 amide bonds. The van der Waals surface area contributed by atoms with Gasteiger partial charge in [0.2, 0.25) is 5.95 Å². The lowest BCUT2D eigenvalue weighted by atomic mass is 10.1. The van der Waals surface area contributed by atoms with E-state index in [0.29, 0.717) is 43.1 Å². The van der Waals surface area contributed by atoms with Gasteiger partial charge in [-0.25, -0.2) is 4.98 Å². The van der Waals surface area contributed by atoms with Crippen LogP contribution >= 0.6 is 0 Å². The number of halogens is 3. The number of benzene rings is 1. The number of aryl methyl sites for hydroxylation is 1. The number of nitrogens with one attached hydrogen (secondary N) is 2. The third-order valence-electron chi connectivity index (χ3n) is 4.41. The average Bonchev–Trinajstić information content (AvgIpc) is 2.87. The van der Waals surface area contributed by atoms with Crippen molar-refractivity contribution in [1.29, 1.82) is 5.41 Å². The third-order valence-corrected chi connectivity index (χ3v) is 4.41. The summed E-state index contributed by atoms with van der Waals surface area (Å²) in [5, 5.41) is 5.50. The van der Waals surface area contributed by atoms with E-state index in [2.05, 4.69) is 48.5 Å². The highest BCUT2D eigenvalue weighted by Gasteiger charge is 2.31. The molecule has 0 saturated carbocycles. The molecule has 2 heterocycles. The van der Waals surface area contributed by atoms with E-state index in [-0.39, 0.29) is 17.8 Å². The largest absolute Gasteiger partial charge is 0.573 e. The summed E-state index contributed by atoms with van der Waals surface area (Å²) in [4.78, 5) is 18.3. The summed E-state index contributed by atoms with van der Waals surface area (Å²) in [6.45, 7) is 15.8. The Morgan fingerprint density at radius 2 is 1.51 bits per heavy atom. The van der Waals surface area contributed by atoms with Crippen molar-refractivity contribution in [1.82, 2.24) is 15.1 Å². The van der Waals surface area contributed by atoms with Crippen LogP contribution in [0.2, 0.25) is 0 Å². The topological polar surface area (TPSA) is 171 Å². The summed E-state index contributed by atoms with van der Waals surface area (Å²) in [6.07, 6.45) is -3.62. The molecule has 224 valence electrons. The number of nitrogen functional groups attached to an aromatic ring is 2. The molecule has 1 saturated heterocycles. The van der Waals surface area contributed by atoms with Crippen LogP contribution < -0.4 is 42.8 Å². The van der Waals surface area contributed by atoms with Crippen molar-refractivity contribution in [3.05, 3.63) is 40.3 Å². The van der Waals surface area contributed by atoms with Crippen molar-refractivity contribution in [2.45, 2.75) is 66.9 Å². The van der Waals surface area contributed by atoms with Gasteiger partial charge in [0.15, 0.2) is 0 Å². The fourth-order valence-corrected chi connectivity index (χ4v) is 3.13. The number of piperidine rings is 1. The minimum Gasteiger partial charge on any atom is -0.490 e. The molecule has 0 unspecified atom stereocenters. The highest BCUT2D eigenvalue weighted by molar-refractivity contribution is 5.51. The van der Waals surface area contributed by atoms with E-state index in [4.69, 9.17) is 21.7 Å². The van der Waals surface area contributed by atoms with E-state index in [9.17, 15) is 18.0 Å². The fourth-order valence-electron chi connectivity index (χ4n) is 3.13. The normalized spacial score (nSPS) is 12.8. The Hall–Kier alpha value is -3.52. The van der Waals surface area contributed by atoms with E-state index < -0.39 is 11.9 Å². The zero-order valence-electron chi connectivity index (χ0n) is 23.9. The molecule has 39 heavy (non-hydrogen) atoms. The molecule has 1 aromatic heterocycles. The first-order chi connectivity index (χ1) is 18.3. The second kappa shape index (κ2) is 19.5. The van der Waals surface area contributed by atoms with E-state index in [1.165, 1.54) is 24.3 Å². The molecule has 0 aliphatic carbocycles. The van der Waals surface area contributed by atoms with Crippen molar-refractivity contribution in [3.63, 3.8) is 0 Å². The predicted molar refractivity (Wildman–Crippen MR) is 152 cm³/mol. The molecular formula is C25H45F3N8O3.